The summed E-state index contributed by atoms with van der Waals surface area (Å²) in [5.74, 6) is -0.178. The fourth-order valence-electron chi connectivity index (χ4n) is 2.01. The van der Waals surface area contributed by atoms with E-state index in [2.05, 4.69) is 0 Å². The highest BCUT2D eigenvalue weighted by molar-refractivity contribution is 5.67. The number of rotatable bonds is 7. The predicted octanol–water partition coefficient (Wildman–Crippen LogP) is 3.43. The number of halogens is 1. The molecule has 0 unspecified atom stereocenters. The Morgan fingerprint density at radius 1 is 1.18 bits per heavy atom. The molecule has 0 fully saturated rings. The third-order valence-electron chi connectivity index (χ3n) is 3.20. The highest BCUT2D eigenvalue weighted by Gasteiger charge is 2.09. The topological polar surface area (TPSA) is 55.8 Å². The lowest BCUT2D eigenvalue weighted by atomic mass is 10.1. The van der Waals surface area contributed by atoms with Crippen molar-refractivity contribution in [3.63, 3.8) is 0 Å². The summed E-state index contributed by atoms with van der Waals surface area (Å²) < 4.78 is 24.4. The van der Waals surface area contributed by atoms with Gasteiger partial charge >= 0.3 is 5.97 Å². The smallest absolute Gasteiger partial charge is 0.303 e. The molecule has 0 saturated heterocycles. The first-order valence-electron chi connectivity index (χ1n) is 6.85. The summed E-state index contributed by atoms with van der Waals surface area (Å²) in [6, 6.07) is 11.6. The van der Waals surface area contributed by atoms with Gasteiger partial charge in [0.1, 0.15) is 12.4 Å². The van der Waals surface area contributed by atoms with E-state index in [-0.39, 0.29) is 18.8 Å². The monoisotopic (exact) mass is 304 g/mol. The van der Waals surface area contributed by atoms with Gasteiger partial charge in [0, 0.05) is 12.0 Å². The minimum Gasteiger partial charge on any atom is -0.493 e. The average Bonchev–Trinajstić information content (AvgIpc) is 2.52. The average molecular weight is 304 g/mol. The van der Waals surface area contributed by atoms with Gasteiger partial charge in [-0.3, -0.25) is 4.79 Å². The van der Waals surface area contributed by atoms with Crippen LogP contribution in [0.2, 0.25) is 0 Å². The second-order valence-electron chi connectivity index (χ2n) is 4.76. The number of aryl methyl sites for hydroxylation is 1. The van der Waals surface area contributed by atoms with E-state index in [1.807, 2.05) is 0 Å². The van der Waals surface area contributed by atoms with Gasteiger partial charge in [-0.1, -0.05) is 24.3 Å². The summed E-state index contributed by atoms with van der Waals surface area (Å²) in [6.07, 6.45) is 0.470. The molecule has 22 heavy (non-hydrogen) atoms. The van der Waals surface area contributed by atoms with Crippen LogP contribution in [0.5, 0.6) is 11.5 Å². The molecule has 0 aromatic heterocycles. The molecule has 0 aliphatic rings. The normalized spacial score (nSPS) is 10.3. The van der Waals surface area contributed by atoms with Crippen molar-refractivity contribution in [2.45, 2.75) is 19.4 Å². The SMILES string of the molecule is COc1cc(CCC(=O)O)ccc1OCc1ccccc1F. The van der Waals surface area contributed by atoms with Gasteiger partial charge in [-0.25, -0.2) is 4.39 Å². The molecule has 2 aromatic carbocycles. The Hall–Kier alpha value is -2.56. The van der Waals surface area contributed by atoms with Gasteiger partial charge in [-0.15, -0.1) is 0 Å². The fraction of sp³-hybridized carbons (Fsp3) is 0.235. The quantitative estimate of drug-likeness (QED) is 0.851. The summed E-state index contributed by atoms with van der Waals surface area (Å²) in [6.45, 7) is 0.0947. The minimum atomic E-state index is -0.848. The van der Waals surface area contributed by atoms with Gasteiger partial charge in [0.25, 0.3) is 0 Å². The molecular weight excluding hydrogens is 287 g/mol. The van der Waals surface area contributed by atoms with Gasteiger partial charge < -0.3 is 14.6 Å². The number of benzene rings is 2. The molecule has 1 N–H and O–H groups in total. The predicted molar refractivity (Wildman–Crippen MR) is 79.7 cm³/mol. The molecule has 2 rings (SSSR count). The number of methoxy groups -OCH3 is 1. The maximum Gasteiger partial charge on any atom is 0.303 e. The van der Waals surface area contributed by atoms with Gasteiger partial charge in [-0.2, -0.15) is 0 Å². The van der Waals surface area contributed by atoms with E-state index < -0.39 is 5.97 Å². The lowest BCUT2D eigenvalue weighted by Gasteiger charge is -2.12. The lowest BCUT2D eigenvalue weighted by molar-refractivity contribution is -0.136. The summed E-state index contributed by atoms with van der Waals surface area (Å²) in [5.41, 5.74) is 1.30. The zero-order valence-corrected chi connectivity index (χ0v) is 12.2. The van der Waals surface area contributed by atoms with Crippen LogP contribution in [0.15, 0.2) is 42.5 Å². The number of carboxylic acid groups (broad SMARTS) is 1. The standard InChI is InChI=1S/C17H17FO4/c1-21-16-10-12(7-9-17(19)20)6-8-15(16)22-11-13-4-2-3-5-14(13)18/h2-6,8,10H,7,9,11H2,1H3,(H,19,20). The molecule has 0 bridgehead atoms. The molecule has 4 nitrogen and oxygen atoms in total. The van der Waals surface area contributed by atoms with Crippen LogP contribution in [0.1, 0.15) is 17.5 Å². The van der Waals surface area contributed by atoms with Crippen molar-refractivity contribution in [3.05, 3.63) is 59.4 Å². The summed E-state index contributed by atoms with van der Waals surface area (Å²) >= 11 is 0. The van der Waals surface area contributed by atoms with E-state index in [9.17, 15) is 9.18 Å². The molecule has 0 saturated carbocycles. The van der Waals surface area contributed by atoms with Crippen LogP contribution in [0.4, 0.5) is 4.39 Å². The van der Waals surface area contributed by atoms with Crippen molar-refractivity contribution in [1.82, 2.24) is 0 Å². The molecule has 5 heteroatoms. The molecule has 0 radical (unpaired) electrons. The van der Waals surface area contributed by atoms with Gasteiger partial charge in [0.05, 0.1) is 7.11 Å². The molecule has 0 atom stereocenters. The highest BCUT2D eigenvalue weighted by atomic mass is 19.1. The van der Waals surface area contributed by atoms with Crippen molar-refractivity contribution in [3.8, 4) is 11.5 Å². The Bertz CT molecular complexity index is 655. The summed E-state index contributed by atoms with van der Waals surface area (Å²) in [7, 11) is 1.51. The van der Waals surface area contributed by atoms with Crippen LogP contribution < -0.4 is 9.47 Å². The first-order valence-corrected chi connectivity index (χ1v) is 6.85. The Labute approximate surface area is 128 Å². The first-order chi connectivity index (χ1) is 10.6. The largest absolute Gasteiger partial charge is 0.493 e. The van der Waals surface area contributed by atoms with E-state index in [0.29, 0.717) is 23.5 Å². The Morgan fingerprint density at radius 3 is 2.64 bits per heavy atom. The van der Waals surface area contributed by atoms with Crippen LogP contribution in [-0.4, -0.2) is 18.2 Å². The van der Waals surface area contributed by atoms with Crippen LogP contribution in [0.25, 0.3) is 0 Å². The van der Waals surface area contributed by atoms with Crippen LogP contribution in [0.3, 0.4) is 0 Å². The van der Waals surface area contributed by atoms with Gasteiger partial charge in [-0.05, 0) is 30.2 Å². The molecule has 0 spiro atoms. The Balaban J connectivity index is 2.07. The summed E-state index contributed by atoms with van der Waals surface area (Å²) in [4.78, 5) is 10.6. The third-order valence-corrected chi connectivity index (χ3v) is 3.20. The zero-order valence-electron chi connectivity index (χ0n) is 12.2. The van der Waals surface area contributed by atoms with E-state index in [0.717, 1.165) is 5.56 Å². The second-order valence-corrected chi connectivity index (χ2v) is 4.76. The van der Waals surface area contributed by atoms with Crippen LogP contribution in [0, 0.1) is 5.82 Å². The number of hydrogen-bond donors (Lipinski definition) is 1. The number of carbonyl (C=O) groups is 1. The number of aliphatic carboxylic acids is 1. The number of hydrogen-bond acceptors (Lipinski definition) is 3. The van der Waals surface area contributed by atoms with Crippen molar-refractivity contribution < 1.29 is 23.8 Å². The van der Waals surface area contributed by atoms with Crippen molar-refractivity contribution in [1.29, 1.82) is 0 Å². The number of ether oxygens (including phenoxy) is 2. The van der Waals surface area contributed by atoms with Crippen LogP contribution >= 0.6 is 0 Å². The molecule has 0 heterocycles. The van der Waals surface area contributed by atoms with Crippen molar-refractivity contribution in [2.75, 3.05) is 7.11 Å². The Morgan fingerprint density at radius 2 is 1.95 bits per heavy atom. The minimum absolute atomic E-state index is 0.0542. The zero-order chi connectivity index (χ0) is 15.9. The first kappa shape index (κ1) is 15.8. The maximum atomic E-state index is 13.5. The summed E-state index contributed by atoms with van der Waals surface area (Å²) in [5, 5.41) is 8.70. The maximum absolute atomic E-state index is 13.5. The van der Waals surface area contributed by atoms with E-state index in [4.69, 9.17) is 14.6 Å². The van der Waals surface area contributed by atoms with Crippen LogP contribution in [-0.2, 0) is 17.8 Å². The Kier molecular flexibility index (Phi) is 5.36. The fourth-order valence-corrected chi connectivity index (χ4v) is 2.01. The molecule has 0 aliphatic heterocycles. The van der Waals surface area contributed by atoms with Gasteiger partial charge in [0.2, 0.25) is 0 Å². The second kappa shape index (κ2) is 7.45. The van der Waals surface area contributed by atoms with Gasteiger partial charge in [0.15, 0.2) is 11.5 Å². The van der Waals surface area contributed by atoms with Crippen molar-refractivity contribution >= 4 is 5.97 Å². The van der Waals surface area contributed by atoms with Crippen molar-refractivity contribution in [2.24, 2.45) is 0 Å². The van der Waals surface area contributed by atoms with E-state index in [1.165, 1.54) is 13.2 Å². The third kappa shape index (κ3) is 4.22. The molecule has 0 amide bonds. The molecule has 0 aliphatic carbocycles. The number of carboxylic acids is 1. The lowest BCUT2D eigenvalue weighted by Crippen LogP contribution is -2.01. The highest BCUT2D eigenvalue weighted by Crippen LogP contribution is 2.29. The molecule has 116 valence electrons. The molecular formula is C17H17FO4. The molecule has 2 aromatic rings. The van der Waals surface area contributed by atoms with E-state index in [1.54, 1.807) is 36.4 Å². The van der Waals surface area contributed by atoms with E-state index >= 15 is 0 Å².